The van der Waals surface area contributed by atoms with E-state index < -0.39 is 0 Å². The summed E-state index contributed by atoms with van der Waals surface area (Å²) in [5.41, 5.74) is 0.791. The summed E-state index contributed by atoms with van der Waals surface area (Å²) >= 11 is 0. The van der Waals surface area contributed by atoms with Crippen LogP contribution in [0.3, 0.4) is 0 Å². The number of phenols is 1. The molecule has 5 heteroatoms. The number of rotatable bonds is 4. The Hall–Kier alpha value is -1.91. The van der Waals surface area contributed by atoms with Crippen LogP contribution in [-0.4, -0.2) is 31.3 Å². The minimum Gasteiger partial charge on any atom is -0.508 e. The molecule has 1 fully saturated rings. The first-order valence-electron chi connectivity index (χ1n) is 7.95. The highest BCUT2D eigenvalue weighted by molar-refractivity contribution is 5.80. The number of benzene rings is 1. The Bertz CT molecular complexity index is 517. The fourth-order valence-electron chi connectivity index (χ4n) is 2.96. The van der Waals surface area contributed by atoms with Crippen molar-refractivity contribution in [1.29, 1.82) is 0 Å². The monoisotopic (exact) mass is 305 g/mol. The summed E-state index contributed by atoms with van der Waals surface area (Å²) in [4.78, 5) is 4.28. The van der Waals surface area contributed by atoms with Crippen LogP contribution in [0.15, 0.2) is 23.2 Å². The molecular weight excluding hydrogens is 278 g/mol. The van der Waals surface area contributed by atoms with Crippen molar-refractivity contribution in [1.82, 2.24) is 10.6 Å². The van der Waals surface area contributed by atoms with Gasteiger partial charge in [-0.3, -0.25) is 4.99 Å². The molecule has 0 heterocycles. The number of hydrogen-bond donors (Lipinski definition) is 3. The lowest BCUT2D eigenvalue weighted by Crippen LogP contribution is -2.44. The molecule has 5 nitrogen and oxygen atoms in total. The van der Waals surface area contributed by atoms with Crippen LogP contribution in [0.25, 0.3) is 0 Å². The zero-order valence-electron chi connectivity index (χ0n) is 13.7. The minimum absolute atomic E-state index is 0.259. The average molecular weight is 305 g/mol. The predicted molar refractivity (Wildman–Crippen MR) is 89.4 cm³/mol. The number of methoxy groups -OCH3 is 1. The Kier molecular flexibility index (Phi) is 5.92. The van der Waals surface area contributed by atoms with Gasteiger partial charge in [0.2, 0.25) is 0 Å². The molecule has 2 unspecified atom stereocenters. The maximum atomic E-state index is 9.92. The van der Waals surface area contributed by atoms with E-state index >= 15 is 0 Å². The molecule has 1 saturated carbocycles. The maximum Gasteiger partial charge on any atom is 0.191 e. The highest BCUT2D eigenvalue weighted by Gasteiger charge is 2.19. The van der Waals surface area contributed by atoms with Crippen LogP contribution in [0, 0.1) is 5.92 Å². The SMILES string of the molecule is CN=C(NCc1cc(OC)ccc1O)NC1CCCC(C)C1. The average Bonchev–Trinajstić information content (AvgIpc) is 2.52. The fourth-order valence-corrected chi connectivity index (χ4v) is 2.96. The second-order valence-electron chi connectivity index (χ2n) is 6.03. The molecule has 0 aromatic heterocycles. The Morgan fingerprint density at radius 1 is 1.41 bits per heavy atom. The van der Waals surface area contributed by atoms with Gasteiger partial charge in [0.25, 0.3) is 0 Å². The van der Waals surface area contributed by atoms with Crippen molar-refractivity contribution in [3.05, 3.63) is 23.8 Å². The van der Waals surface area contributed by atoms with Crippen LogP contribution in [0.1, 0.15) is 38.2 Å². The van der Waals surface area contributed by atoms with Gasteiger partial charge in [0.1, 0.15) is 11.5 Å². The summed E-state index contributed by atoms with van der Waals surface area (Å²) in [6, 6.07) is 5.71. The number of nitrogens with one attached hydrogen (secondary N) is 2. The summed E-state index contributed by atoms with van der Waals surface area (Å²) < 4.78 is 5.19. The van der Waals surface area contributed by atoms with Gasteiger partial charge in [-0.05, 0) is 37.0 Å². The molecule has 1 aliphatic carbocycles. The van der Waals surface area contributed by atoms with E-state index in [1.54, 1.807) is 26.3 Å². The summed E-state index contributed by atoms with van der Waals surface area (Å²) in [6.07, 6.45) is 4.97. The van der Waals surface area contributed by atoms with E-state index in [0.29, 0.717) is 12.6 Å². The highest BCUT2D eigenvalue weighted by atomic mass is 16.5. The van der Waals surface area contributed by atoms with E-state index in [1.165, 1.54) is 25.7 Å². The molecule has 0 bridgehead atoms. The second kappa shape index (κ2) is 7.92. The van der Waals surface area contributed by atoms with Gasteiger partial charge in [-0.2, -0.15) is 0 Å². The van der Waals surface area contributed by atoms with Crippen molar-refractivity contribution in [2.24, 2.45) is 10.9 Å². The van der Waals surface area contributed by atoms with E-state index in [4.69, 9.17) is 4.74 Å². The van der Waals surface area contributed by atoms with Crippen LogP contribution >= 0.6 is 0 Å². The molecule has 1 aliphatic rings. The van der Waals surface area contributed by atoms with E-state index in [2.05, 4.69) is 22.5 Å². The van der Waals surface area contributed by atoms with Crippen LogP contribution in [-0.2, 0) is 6.54 Å². The molecule has 0 amide bonds. The molecule has 3 N–H and O–H groups in total. The van der Waals surface area contributed by atoms with Crippen molar-refractivity contribution >= 4 is 5.96 Å². The Balaban J connectivity index is 1.91. The molecule has 0 radical (unpaired) electrons. The van der Waals surface area contributed by atoms with Crippen molar-refractivity contribution in [3.63, 3.8) is 0 Å². The smallest absolute Gasteiger partial charge is 0.191 e. The number of phenolic OH excluding ortho intramolecular Hbond substituents is 1. The Labute approximate surface area is 132 Å². The van der Waals surface area contributed by atoms with Crippen LogP contribution in [0.5, 0.6) is 11.5 Å². The summed E-state index contributed by atoms with van der Waals surface area (Å²) in [6.45, 7) is 2.81. The molecule has 0 spiro atoms. The molecular formula is C17H27N3O2. The lowest BCUT2D eigenvalue weighted by molar-refractivity contribution is 0.324. The quantitative estimate of drug-likeness (QED) is 0.591. The van der Waals surface area contributed by atoms with Crippen molar-refractivity contribution in [2.45, 2.75) is 45.2 Å². The van der Waals surface area contributed by atoms with Crippen molar-refractivity contribution in [2.75, 3.05) is 14.2 Å². The second-order valence-corrected chi connectivity index (χ2v) is 6.03. The number of hydrogen-bond acceptors (Lipinski definition) is 3. The fraction of sp³-hybridized carbons (Fsp3) is 0.588. The molecule has 1 aromatic carbocycles. The number of aliphatic imine (C=N–C) groups is 1. The minimum atomic E-state index is 0.259. The van der Waals surface area contributed by atoms with Gasteiger partial charge in [-0.1, -0.05) is 19.8 Å². The molecule has 2 atom stereocenters. The number of guanidine groups is 1. The van der Waals surface area contributed by atoms with E-state index in [9.17, 15) is 5.11 Å². The van der Waals surface area contributed by atoms with Crippen molar-refractivity contribution in [3.8, 4) is 11.5 Å². The normalized spacial score (nSPS) is 22.2. The van der Waals surface area contributed by atoms with Gasteiger partial charge in [0.05, 0.1) is 7.11 Å². The third kappa shape index (κ3) is 4.55. The van der Waals surface area contributed by atoms with Crippen LogP contribution in [0.2, 0.25) is 0 Å². The lowest BCUT2D eigenvalue weighted by atomic mass is 9.87. The molecule has 22 heavy (non-hydrogen) atoms. The van der Waals surface area contributed by atoms with Gasteiger partial charge in [0.15, 0.2) is 5.96 Å². The van der Waals surface area contributed by atoms with Gasteiger partial charge in [-0.15, -0.1) is 0 Å². The highest BCUT2D eigenvalue weighted by Crippen LogP contribution is 2.24. The zero-order chi connectivity index (χ0) is 15.9. The lowest BCUT2D eigenvalue weighted by Gasteiger charge is -2.28. The topological polar surface area (TPSA) is 65.9 Å². The third-order valence-corrected chi connectivity index (χ3v) is 4.23. The third-order valence-electron chi connectivity index (χ3n) is 4.23. The van der Waals surface area contributed by atoms with Crippen molar-refractivity contribution < 1.29 is 9.84 Å². The largest absolute Gasteiger partial charge is 0.508 e. The number of ether oxygens (including phenoxy) is 1. The first-order valence-corrected chi connectivity index (χ1v) is 7.95. The summed E-state index contributed by atoms with van der Waals surface area (Å²) in [7, 11) is 3.39. The van der Waals surface area contributed by atoms with Crippen LogP contribution < -0.4 is 15.4 Å². The Morgan fingerprint density at radius 3 is 2.91 bits per heavy atom. The van der Waals surface area contributed by atoms with Crippen LogP contribution in [0.4, 0.5) is 0 Å². The standard InChI is InChI=1S/C17H27N3O2/c1-12-5-4-6-14(9-12)20-17(18-2)19-11-13-10-15(22-3)7-8-16(13)21/h7-8,10,12,14,21H,4-6,9,11H2,1-3H3,(H2,18,19,20). The molecule has 0 saturated heterocycles. The molecule has 1 aromatic rings. The summed E-state index contributed by atoms with van der Waals surface area (Å²) in [5, 5.41) is 16.7. The number of aromatic hydroxyl groups is 1. The van der Waals surface area contributed by atoms with Gasteiger partial charge in [0, 0.05) is 25.2 Å². The summed E-state index contributed by atoms with van der Waals surface area (Å²) in [5.74, 6) is 2.54. The van der Waals surface area contributed by atoms with Gasteiger partial charge < -0.3 is 20.5 Å². The number of nitrogens with zero attached hydrogens (tertiary/aromatic N) is 1. The maximum absolute atomic E-state index is 9.92. The molecule has 2 rings (SSSR count). The van der Waals surface area contributed by atoms with Gasteiger partial charge >= 0.3 is 0 Å². The Morgan fingerprint density at radius 2 is 2.23 bits per heavy atom. The zero-order valence-corrected chi connectivity index (χ0v) is 13.7. The van der Waals surface area contributed by atoms with E-state index in [1.807, 2.05) is 6.07 Å². The van der Waals surface area contributed by atoms with E-state index in [-0.39, 0.29) is 5.75 Å². The molecule has 0 aliphatic heterocycles. The first-order chi connectivity index (χ1) is 10.6. The first kappa shape index (κ1) is 16.5. The van der Waals surface area contributed by atoms with E-state index in [0.717, 1.165) is 23.2 Å². The molecule has 122 valence electrons. The van der Waals surface area contributed by atoms with Gasteiger partial charge in [-0.25, -0.2) is 0 Å². The predicted octanol–water partition coefficient (Wildman–Crippen LogP) is 2.64.